The topological polar surface area (TPSA) is 82.9 Å². The number of furan rings is 1. The summed E-state index contributed by atoms with van der Waals surface area (Å²) in [6.07, 6.45) is 4.81. The first-order chi connectivity index (χ1) is 14.6. The van der Waals surface area contributed by atoms with Gasteiger partial charge in [-0.25, -0.2) is 0 Å². The van der Waals surface area contributed by atoms with E-state index in [0.29, 0.717) is 37.3 Å². The van der Waals surface area contributed by atoms with Crippen molar-refractivity contribution in [1.29, 1.82) is 0 Å². The van der Waals surface area contributed by atoms with Crippen LogP contribution in [0.2, 0.25) is 0 Å². The summed E-state index contributed by atoms with van der Waals surface area (Å²) in [5, 5.41) is 3.00. The highest BCUT2D eigenvalue weighted by molar-refractivity contribution is 5.97. The van der Waals surface area contributed by atoms with Gasteiger partial charge in [-0.2, -0.15) is 0 Å². The van der Waals surface area contributed by atoms with Gasteiger partial charge in [0.05, 0.1) is 6.26 Å². The molecule has 3 amide bonds. The van der Waals surface area contributed by atoms with E-state index >= 15 is 0 Å². The average molecular weight is 409 g/mol. The number of hydrogen-bond donors (Lipinski definition) is 1. The number of hydrogen-bond acceptors (Lipinski definition) is 4. The Hall–Kier alpha value is -3.09. The highest BCUT2D eigenvalue weighted by Crippen LogP contribution is 2.25. The minimum Gasteiger partial charge on any atom is -0.459 e. The van der Waals surface area contributed by atoms with E-state index in [-0.39, 0.29) is 23.6 Å². The Bertz CT molecular complexity index is 867. The second-order valence-electron chi connectivity index (χ2n) is 7.96. The number of nitrogens with zero attached hydrogens (tertiary/aromatic N) is 2. The molecule has 2 aromatic rings. The fourth-order valence-corrected chi connectivity index (χ4v) is 4.32. The Morgan fingerprint density at radius 2 is 1.60 bits per heavy atom. The third-order valence-electron chi connectivity index (χ3n) is 6.04. The summed E-state index contributed by atoms with van der Waals surface area (Å²) in [7, 11) is 0. The fraction of sp³-hybridized carbons (Fsp3) is 0.435. The zero-order valence-corrected chi connectivity index (χ0v) is 17.0. The molecule has 0 bridgehead atoms. The maximum absolute atomic E-state index is 13.2. The van der Waals surface area contributed by atoms with Crippen LogP contribution in [0.4, 0.5) is 0 Å². The maximum Gasteiger partial charge on any atom is 0.289 e. The molecule has 1 aromatic carbocycles. The van der Waals surface area contributed by atoms with E-state index in [1.165, 1.54) is 6.26 Å². The van der Waals surface area contributed by atoms with Gasteiger partial charge in [0.1, 0.15) is 6.04 Å². The van der Waals surface area contributed by atoms with Gasteiger partial charge in [0.2, 0.25) is 5.91 Å². The van der Waals surface area contributed by atoms with Gasteiger partial charge in [-0.3, -0.25) is 14.4 Å². The van der Waals surface area contributed by atoms with Crippen LogP contribution in [0, 0.1) is 5.92 Å². The number of benzene rings is 1. The number of likely N-dealkylation sites (tertiary alicyclic amines) is 2. The SMILES string of the molecule is O=C(NC(C(=O)N1CCCC1)C1CCN(C(=O)c2ccco2)CC1)c1ccccc1. The van der Waals surface area contributed by atoms with Crippen LogP contribution >= 0.6 is 0 Å². The number of carbonyl (C=O) groups is 3. The van der Waals surface area contributed by atoms with E-state index in [0.717, 1.165) is 25.9 Å². The van der Waals surface area contributed by atoms with Gasteiger partial charge in [-0.1, -0.05) is 18.2 Å². The summed E-state index contributed by atoms with van der Waals surface area (Å²) >= 11 is 0. The van der Waals surface area contributed by atoms with Crippen molar-refractivity contribution in [3.8, 4) is 0 Å². The van der Waals surface area contributed by atoms with Crippen molar-refractivity contribution in [2.75, 3.05) is 26.2 Å². The van der Waals surface area contributed by atoms with E-state index in [4.69, 9.17) is 4.42 Å². The van der Waals surface area contributed by atoms with E-state index in [1.807, 2.05) is 23.1 Å². The molecule has 3 heterocycles. The Labute approximate surface area is 176 Å². The molecule has 30 heavy (non-hydrogen) atoms. The molecule has 2 fully saturated rings. The minimum absolute atomic E-state index is 0.00686. The molecular formula is C23H27N3O4. The second kappa shape index (κ2) is 9.15. The Morgan fingerprint density at radius 1 is 0.900 bits per heavy atom. The van der Waals surface area contributed by atoms with Crippen molar-refractivity contribution >= 4 is 17.7 Å². The maximum atomic E-state index is 13.2. The van der Waals surface area contributed by atoms with Gasteiger partial charge in [0, 0.05) is 31.7 Å². The predicted octanol–water partition coefficient (Wildman–Crippen LogP) is 2.55. The van der Waals surface area contributed by atoms with Gasteiger partial charge >= 0.3 is 0 Å². The van der Waals surface area contributed by atoms with Crippen molar-refractivity contribution in [2.45, 2.75) is 31.7 Å². The molecule has 1 N–H and O–H groups in total. The van der Waals surface area contributed by atoms with Crippen molar-refractivity contribution in [1.82, 2.24) is 15.1 Å². The summed E-state index contributed by atoms with van der Waals surface area (Å²) < 4.78 is 5.22. The highest BCUT2D eigenvalue weighted by atomic mass is 16.3. The Morgan fingerprint density at radius 3 is 2.23 bits per heavy atom. The Kier molecular flexibility index (Phi) is 6.16. The first-order valence-corrected chi connectivity index (χ1v) is 10.6. The standard InChI is InChI=1S/C23H27N3O4/c27-21(18-7-2-1-3-8-18)24-20(23(29)25-12-4-5-13-25)17-10-14-26(15-11-17)22(28)19-9-6-16-30-19/h1-3,6-9,16-17,20H,4-5,10-15H2,(H,24,27). The molecule has 0 spiro atoms. The monoisotopic (exact) mass is 409 g/mol. The molecule has 1 atom stereocenters. The third kappa shape index (κ3) is 4.40. The number of carbonyl (C=O) groups excluding carboxylic acids is 3. The molecule has 158 valence electrons. The predicted molar refractivity (Wildman–Crippen MR) is 111 cm³/mol. The fourth-order valence-electron chi connectivity index (χ4n) is 4.32. The van der Waals surface area contributed by atoms with Gasteiger partial charge in [-0.05, 0) is 55.9 Å². The minimum atomic E-state index is -0.573. The second-order valence-corrected chi connectivity index (χ2v) is 7.96. The van der Waals surface area contributed by atoms with Gasteiger partial charge < -0.3 is 19.5 Å². The normalized spacial score (nSPS) is 18.3. The summed E-state index contributed by atoms with van der Waals surface area (Å²) in [5.41, 5.74) is 0.544. The largest absolute Gasteiger partial charge is 0.459 e. The lowest BCUT2D eigenvalue weighted by atomic mass is 9.88. The highest BCUT2D eigenvalue weighted by Gasteiger charge is 2.37. The van der Waals surface area contributed by atoms with E-state index in [2.05, 4.69) is 5.32 Å². The molecule has 2 aliphatic rings. The van der Waals surface area contributed by atoms with Gasteiger partial charge in [0.15, 0.2) is 5.76 Å². The first kappa shape index (κ1) is 20.2. The van der Waals surface area contributed by atoms with Crippen molar-refractivity contribution < 1.29 is 18.8 Å². The molecule has 7 nitrogen and oxygen atoms in total. The van der Waals surface area contributed by atoms with Crippen molar-refractivity contribution in [2.24, 2.45) is 5.92 Å². The molecule has 2 saturated heterocycles. The number of nitrogens with one attached hydrogen (secondary N) is 1. The number of rotatable bonds is 5. The molecule has 7 heteroatoms. The summed E-state index contributed by atoms with van der Waals surface area (Å²) in [5.74, 6) is -0.0500. The third-order valence-corrected chi connectivity index (χ3v) is 6.04. The summed E-state index contributed by atoms with van der Waals surface area (Å²) in [6, 6.07) is 11.8. The van der Waals surface area contributed by atoms with Crippen molar-refractivity contribution in [3.05, 3.63) is 60.1 Å². The first-order valence-electron chi connectivity index (χ1n) is 10.6. The molecule has 2 aliphatic heterocycles. The lowest BCUT2D eigenvalue weighted by Crippen LogP contribution is -2.54. The number of piperidine rings is 1. The van der Waals surface area contributed by atoms with E-state index in [1.54, 1.807) is 29.2 Å². The van der Waals surface area contributed by atoms with Crippen LogP contribution in [0.3, 0.4) is 0 Å². The molecule has 0 aliphatic carbocycles. The van der Waals surface area contributed by atoms with Crippen LogP contribution in [-0.2, 0) is 4.79 Å². The molecule has 4 rings (SSSR count). The van der Waals surface area contributed by atoms with Gasteiger partial charge in [-0.15, -0.1) is 0 Å². The zero-order chi connectivity index (χ0) is 20.9. The average Bonchev–Trinajstić information content (AvgIpc) is 3.52. The molecule has 1 unspecified atom stereocenters. The summed E-state index contributed by atoms with van der Waals surface area (Å²) in [4.78, 5) is 42.2. The van der Waals surface area contributed by atoms with E-state index < -0.39 is 6.04 Å². The smallest absolute Gasteiger partial charge is 0.289 e. The van der Waals surface area contributed by atoms with Crippen LogP contribution < -0.4 is 5.32 Å². The lowest BCUT2D eigenvalue weighted by molar-refractivity contribution is -0.134. The van der Waals surface area contributed by atoms with Crippen LogP contribution in [-0.4, -0.2) is 59.7 Å². The van der Waals surface area contributed by atoms with Crippen molar-refractivity contribution in [3.63, 3.8) is 0 Å². The van der Waals surface area contributed by atoms with Crippen LogP contribution in [0.25, 0.3) is 0 Å². The molecular weight excluding hydrogens is 382 g/mol. The number of amides is 3. The molecule has 0 radical (unpaired) electrons. The Balaban J connectivity index is 1.45. The van der Waals surface area contributed by atoms with Crippen LogP contribution in [0.1, 0.15) is 46.6 Å². The zero-order valence-electron chi connectivity index (χ0n) is 17.0. The lowest BCUT2D eigenvalue weighted by Gasteiger charge is -2.36. The molecule has 1 aromatic heterocycles. The summed E-state index contributed by atoms with van der Waals surface area (Å²) in [6.45, 7) is 2.56. The van der Waals surface area contributed by atoms with Crippen LogP contribution in [0.15, 0.2) is 53.1 Å². The quantitative estimate of drug-likeness (QED) is 0.823. The van der Waals surface area contributed by atoms with Crippen LogP contribution in [0.5, 0.6) is 0 Å². The van der Waals surface area contributed by atoms with Gasteiger partial charge in [0.25, 0.3) is 11.8 Å². The molecule has 0 saturated carbocycles. The van der Waals surface area contributed by atoms with E-state index in [9.17, 15) is 14.4 Å².